The van der Waals surface area contributed by atoms with E-state index in [1.807, 2.05) is 18.2 Å². The van der Waals surface area contributed by atoms with Gasteiger partial charge >= 0.3 is 0 Å². The lowest BCUT2D eigenvalue weighted by Crippen LogP contribution is -3.12. The van der Waals surface area contributed by atoms with Crippen LogP contribution >= 0.6 is 12.2 Å². The Balaban J connectivity index is 1.53. The van der Waals surface area contributed by atoms with Gasteiger partial charge in [-0.15, -0.1) is 0 Å². The van der Waals surface area contributed by atoms with Crippen molar-refractivity contribution in [3.8, 4) is 11.5 Å². The third-order valence-electron chi connectivity index (χ3n) is 3.78. The molecule has 0 saturated carbocycles. The van der Waals surface area contributed by atoms with Crippen LogP contribution in [-0.2, 0) is 6.54 Å². The van der Waals surface area contributed by atoms with E-state index in [0.29, 0.717) is 13.3 Å². The molecule has 1 aromatic carbocycles. The summed E-state index contributed by atoms with van der Waals surface area (Å²) in [5, 5.41) is 4.17. The highest BCUT2D eigenvalue weighted by molar-refractivity contribution is 7.80. The fourth-order valence-electron chi connectivity index (χ4n) is 2.43. The highest BCUT2D eigenvalue weighted by Crippen LogP contribution is 2.32. The Morgan fingerprint density at radius 2 is 2.05 bits per heavy atom. The van der Waals surface area contributed by atoms with Gasteiger partial charge in [0.25, 0.3) is 0 Å². The number of likely N-dealkylation sites (N-methyl/N-ethyl adjacent to an activating group) is 1. The molecular weight excluding hydrogens is 274 g/mol. The van der Waals surface area contributed by atoms with Gasteiger partial charge in [0.15, 0.2) is 16.6 Å². The van der Waals surface area contributed by atoms with Crippen LogP contribution in [0.1, 0.15) is 5.56 Å². The number of nitrogens with one attached hydrogen (secondary N) is 2. The summed E-state index contributed by atoms with van der Waals surface area (Å²) in [4.78, 5) is 3.81. The second-order valence-electron chi connectivity index (χ2n) is 5.29. The average molecular weight is 294 g/mol. The zero-order valence-corrected chi connectivity index (χ0v) is 12.5. The standard InChI is InChI=1S/C14H19N3O2S/c1-16-4-6-17(7-5-16)14(20)15-9-11-2-3-12-13(8-11)19-10-18-12/h2-3,8H,4-7,9-10H2,1H3,(H,15,20)/p+1. The highest BCUT2D eigenvalue weighted by atomic mass is 32.1. The maximum absolute atomic E-state index is 5.46. The van der Waals surface area contributed by atoms with Crippen molar-refractivity contribution in [3.05, 3.63) is 23.8 Å². The topological polar surface area (TPSA) is 38.2 Å². The van der Waals surface area contributed by atoms with Gasteiger partial charge in [0.2, 0.25) is 6.79 Å². The molecular formula is C14H20N3O2S+. The molecule has 0 atom stereocenters. The van der Waals surface area contributed by atoms with E-state index in [1.54, 1.807) is 4.90 Å². The normalized spacial score (nSPS) is 18.1. The number of hydrogen-bond donors (Lipinski definition) is 2. The number of fused-ring (bicyclic) bond motifs is 1. The fraction of sp³-hybridized carbons (Fsp3) is 0.500. The molecule has 1 aromatic rings. The largest absolute Gasteiger partial charge is 0.454 e. The first-order valence-electron chi connectivity index (χ1n) is 6.95. The molecule has 6 heteroatoms. The summed E-state index contributed by atoms with van der Waals surface area (Å²) in [5.74, 6) is 1.64. The summed E-state index contributed by atoms with van der Waals surface area (Å²) >= 11 is 5.46. The molecule has 0 amide bonds. The first-order valence-corrected chi connectivity index (χ1v) is 7.36. The molecule has 2 aliphatic rings. The lowest BCUT2D eigenvalue weighted by molar-refractivity contribution is -0.883. The zero-order valence-electron chi connectivity index (χ0n) is 11.6. The third-order valence-corrected chi connectivity index (χ3v) is 4.19. The Morgan fingerprint density at radius 3 is 2.85 bits per heavy atom. The number of thiocarbonyl (C=S) groups is 1. The molecule has 0 aliphatic carbocycles. The first-order chi connectivity index (χ1) is 9.72. The van der Waals surface area contributed by atoms with Gasteiger partial charge in [0, 0.05) is 6.54 Å². The van der Waals surface area contributed by atoms with E-state index in [0.717, 1.165) is 48.4 Å². The van der Waals surface area contributed by atoms with Crippen LogP contribution in [0.25, 0.3) is 0 Å². The number of quaternary nitrogens is 1. The summed E-state index contributed by atoms with van der Waals surface area (Å²) < 4.78 is 10.7. The molecule has 2 aliphatic heterocycles. The van der Waals surface area contributed by atoms with Crippen molar-refractivity contribution >= 4 is 17.3 Å². The van der Waals surface area contributed by atoms with Gasteiger partial charge in [0.1, 0.15) is 0 Å². The van der Waals surface area contributed by atoms with E-state index >= 15 is 0 Å². The van der Waals surface area contributed by atoms with Crippen molar-refractivity contribution in [1.29, 1.82) is 0 Å². The quantitative estimate of drug-likeness (QED) is 0.728. The third kappa shape index (κ3) is 2.96. The zero-order chi connectivity index (χ0) is 13.9. The van der Waals surface area contributed by atoms with Crippen molar-refractivity contribution in [3.63, 3.8) is 0 Å². The van der Waals surface area contributed by atoms with Gasteiger partial charge in [-0.05, 0) is 29.9 Å². The molecule has 0 spiro atoms. The molecule has 1 fully saturated rings. The number of rotatable bonds is 2. The minimum Gasteiger partial charge on any atom is -0.454 e. The molecule has 0 bridgehead atoms. The number of benzene rings is 1. The number of ether oxygens (including phenoxy) is 2. The molecule has 2 heterocycles. The second-order valence-corrected chi connectivity index (χ2v) is 5.68. The summed E-state index contributed by atoms with van der Waals surface area (Å²) in [6.45, 7) is 5.37. The van der Waals surface area contributed by atoms with Crippen molar-refractivity contribution in [2.45, 2.75) is 6.54 Å². The maximum Gasteiger partial charge on any atom is 0.231 e. The van der Waals surface area contributed by atoms with Gasteiger partial charge in [-0.25, -0.2) is 0 Å². The lowest BCUT2D eigenvalue weighted by atomic mass is 10.2. The van der Waals surface area contributed by atoms with Crippen molar-refractivity contribution < 1.29 is 14.4 Å². The van der Waals surface area contributed by atoms with Crippen LogP contribution in [-0.4, -0.2) is 50.0 Å². The van der Waals surface area contributed by atoms with E-state index in [9.17, 15) is 0 Å². The monoisotopic (exact) mass is 294 g/mol. The van der Waals surface area contributed by atoms with E-state index < -0.39 is 0 Å². The van der Waals surface area contributed by atoms with Gasteiger partial charge in [0.05, 0.1) is 33.2 Å². The summed E-state index contributed by atoms with van der Waals surface area (Å²) in [6, 6.07) is 5.99. The van der Waals surface area contributed by atoms with Crippen LogP contribution < -0.4 is 19.7 Å². The molecule has 0 radical (unpaired) electrons. The predicted molar refractivity (Wildman–Crippen MR) is 80.2 cm³/mol. The number of hydrogen-bond acceptors (Lipinski definition) is 3. The Bertz CT molecular complexity index is 501. The molecule has 0 unspecified atom stereocenters. The second kappa shape index (κ2) is 5.85. The van der Waals surface area contributed by atoms with Gasteiger partial charge in [-0.2, -0.15) is 0 Å². The SMILES string of the molecule is C[NH+]1CCN(C(=S)NCc2ccc3c(c2)OCO3)CC1. The van der Waals surface area contributed by atoms with Crippen LogP contribution in [0.2, 0.25) is 0 Å². The first kappa shape index (κ1) is 13.5. The van der Waals surface area contributed by atoms with Gasteiger partial charge < -0.3 is 24.6 Å². The molecule has 0 aromatic heterocycles. The Labute approximate surface area is 124 Å². The van der Waals surface area contributed by atoms with Crippen LogP contribution in [0.3, 0.4) is 0 Å². The predicted octanol–water partition coefficient (Wildman–Crippen LogP) is -0.380. The smallest absolute Gasteiger partial charge is 0.231 e. The highest BCUT2D eigenvalue weighted by Gasteiger charge is 2.19. The van der Waals surface area contributed by atoms with E-state index in [-0.39, 0.29) is 0 Å². The summed E-state index contributed by atoms with van der Waals surface area (Å²) in [5.41, 5.74) is 1.15. The number of piperazine rings is 1. The Hall–Kier alpha value is -1.53. The minimum atomic E-state index is 0.314. The molecule has 1 saturated heterocycles. The molecule has 2 N–H and O–H groups in total. The fourth-order valence-corrected chi connectivity index (χ4v) is 2.69. The van der Waals surface area contributed by atoms with Crippen molar-refractivity contribution in [2.24, 2.45) is 0 Å². The van der Waals surface area contributed by atoms with Gasteiger partial charge in [-0.3, -0.25) is 0 Å². The van der Waals surface area contributed by atoms with Gasteiger partial charge in [-0.1, -0.05) is 6.07 Å². The minimum absolute atomic E-state index is 0.314. The van der Waals surface area contributed by atoms with Crippen LogP contribution in [0.15, 0.2) is 18.2 Å². The van der Waals surface area contributed by atoms with E-state index in [2.05, 4.69) is 17.3 Å². The van der Waals surface area contributed by atoms with Crippen LogP contribution in [0.4, 0.5) is 0 Å². The van der Waals surface area contributed by atoms with E-state index in [4.69, 9.17) is 21.7 Å². The van der Waals surface area contributed by atoms with Crippen molar-refractivity contribution in [1.82, 2.24) is 10.2 Å². The Kier molecular flexibility index (Phi) is 3.93. The number of nitrogens with zero attached hydrogens (tertiary/aromatic N) is 1. The average Bonchev–Trinajstić information content (AvgIpc) is 2.93. The van der Waals surface area contributed by atoms with Crippen LogP contribution in [0, 0.1) is 0 Å². The summed E-state index contributed by atoms with van der Waals surface area (Å²) in [6.07, 6.45) is 0. The van der Waals surface area contributed by atoms with Crippen molar-refractivity contribution in [2.75, 3.05) is 40.0 Å². The lowest BCUT2D eigenvalue weighted by Gasteiger charge is -2.32. The summed E-state index contributed by atoms with van der Waals surface area (Å²) in [7, 11) is 2.22. The maximum atomic E-state index is 5.46. The van der Waals surface area contributed by atoms with Crippen LogP contribution in [0.5, 0.6) is 11.5 Å². The molecule has 5 nitrogen and oxygen atoms in total. The Morgan fingerprint density at radius 1 is 1.30 bits per heavy atom. The molecule has 3 rings (SSSR count). The molecule has 20 heavy (non-hydrogen) atoms. The molecule has 108 valence electrons. The van der Waals surface area contributed by atoms with E-state index in [1.165, 1.54) is 0 Å².